The van der Waals surface area contributed by atoms with Crippen molar-refractivity contribution >= 4 is 17.7 Å². The Morgan fingerprint density at radius 2 is 1.89 bits per heavy atom. The molecule has 0 unspecified atom stereocenters. The number of esters is 1. The minimum Gasteiger partial charge on any atom is -0.465 e. The molecule has 3 heteroatoms. The lowest BCUT2D eigenvalue weighted by molar-refractivity contribution is -0.140. The summed E-state index contributed by atoms with van der Waals surface area (Å²) in [6.07, 6.45) is 1.84. The number of ether oxygens (including phenoxy) is 1. The van der Waals surface area contributed by atoms with Crippen molar-refractivity contribution < 1.29 is 9.53 Å². The lowest BCUT2D eigenvalue weighted by Gasteiger charge is -2.16. The SMILES string of the molecule is CC(C)(C)SCC(=O)OCCCc1ccccc1. The molecule has 0 heterocycles. The van der Waals surface area contributed by atoms with Gasteiger partial charge in [0.2, 0.25) is 0 Å². The normalized spacial score (nSPS) is 11.3. The van der Waals surface area contributed by atoms with Crippen molar-refractivity contribution in [1.29, 1.82) is 0 Å². The van der Waals surface area contributed by atoms with Gasteiger partial charge in [-0.05, 0) is 18.4 Å². The predicted molar refractivity (Wildman–Crippen MR) is 77.9 cm³/mol. The zero-order valence-electron chi connectivity index (χ0n) is 11.4. The van der Waals surface area contributed by atoms with E-state index in [1.54, 1.807) is 11.8 Å². The van der Waals surface area contributed by atoms with Crippen LogP contribution in [0.5, 0.6) is 0 Å². The van der Waals surface area contributed by atoms with Gasteiger partial charge in [0.1, 0.15) is 0 Å². The van der Waals surface area contributed by atoms with Crippen molar-refractivity contribution in [1.82, 2.24) is 0 Å². The molecule has 2 nitrogen and oxygen atoms in total. The predicted octanol–water partition coefficient (Wildman–Crippen LogP) is 3.69. The van der Waals surface area contributed by atoms with E-state index in [9.17, 15) is 4.79 Å². The van der Waals surface area contributed by atoms with Gasteiger partial charge in [-0.1, -0.05) is 51.1 Å². The molecule has 0 aliphatic rings. The van der Waals surface area contributed by atoms with Crippen LogP contribution in [0.25, 0.3) is 0 Å². The Morgan fingerprint density at radius 1 is 1.22 bits per heavy atom. The molecular formula is C15H22O2S. The van der Waals surface area contributed by atoms with Crippen LogP contribution >= 0.6 is 11.8 Å². The fourth-order valence-electron chi connectivity index (χ4n) is 1.42. The van der Waals surface area contributed by atoms with Crippen LogP contribution in [0.1, 0.15) is 32.8 Å². The summed E-state index contributed by atoms with van der Waals surface area (Å²) >= 11 is 1.62. The fraction of sp³-hybridized carbons (Fsp3) is 0.533. The van der Waals surface area contributed by atoms with Crippen LogP contribution < -0.4 is 0 Å². The first-order chi connectivity index (χ1) is 8.47. The quantitative estimate of drug-likeness (QED) is 0.580. The molecule has 0 aromatic heterocycles. The molecule has 1 aromatic rings. The van der Waals surface area contributed by atoms with Crippen LogP contribution in [0.4, 0.5) is 0 Å². The Kier molecular flexibility index (Phi) is 6.27. The first-order valence-corrected chi connectivity index (χ1v) is 7.29. The molecule has 0 N–H and O–H groups in total. The van der Waals surface area contributed by atoms with Crippen molar-refractivity contribution in [2.24, 2.45) is 0 Å². The summed E-state index contributed by atoms with van der Waals surface area (Å²) in [5.41, 5.74) is 1.29. The van der Waals surface area contributed by atoms with E-state index in [0.717, 1.165) is 12.8 Å². The average Bonchev–Trinajstić information content (AvgIpc) is 2.33. The third-order valence-electron chi connectivity index (χ3n) is 2.34. The maximum atomic E-state index is 11.5. The van der Waals surface area contributed by atoms with Gasteiger partial charge in [0.15, 0.2) is 0 Å². The summed E-state index contributed by atoms with van der Waals surface area (Å²) in [6, 6.07) is 10.3. The first-order valence-electron chi connectivity index (χ1n) is 6.31. The van der Waals surface area contributed by atoms with Gasteiger partial charge >= 0.3 is 5.97 Å². The fourth-order valence-corrected chi connectivity index (χ4v) is 2.06. The Hall–Kier alpha value is -0.960. The summed E-state index contributed by atoms with van der Waals surface area (Å²) in [5, 5.41) is 0. The average molecular weight is 266 g/mol. The Morgan fingerprint density at radius 3 is 2.50 bits per heavy atom. The molecule has 0 saturated heterocycles. The number of thioether (sulfide) groups is 1. The summed E-state index contributed by atoms with van der Waals surface area (Å²) in [7, 11) is 0. The van der Waals surface area contributed by atoms with E-state index in [-0.39, 0.29) is 10.7 Å². The molecule has 18 heavy (non-hydrogen) atoms. The highest BCUT2D eigenvalue weighted by molar-refractivity contribution is 8.01. The molecule has 0 radical (unpaired) electrons. The molecule has 100 valence electrons. The molecule has 1 rings (SSSR count). The van der Waals surface area contributed by atoms with Gasteiger partial charge in [0.05, 0.1) is 12.4 Å². The smallest absolute Gasteiger partial charge is 0.315 e. The number of aryl methyl sites for hydroxylation is 1. The standard InChI is InChI=1S/C15H22O2S/c1-15(2,3)18-12-14(16)17-11-7-10-13-8-5-4-6-9-13/h4-6,8-9H,7,10-12H2,1-3H3. The van der Waals surface area contributed by atoms with E-state index in [1.165, 1.54) is 5.56 Å². The number of carbonyl (C=O) groups excluding carboxylic acids is 1. The topological polar surface area (TPSA) is 26.3 Å². The molecule has 1 aromatic carbocycles. The van der Waals surface area contributed by atoms with E-state index < -0.39 is 0 Å². The third kappa shape index (κ3) is 7.38. The number of hydrogen-bond acceptors (Lipinski definition) is 3. The van der Waals surface area contributed by atoms with E-state index in [0.29, 0.717) is 12.4 Å². The molecule has 0 bridgehead atoms. The van der Waals surface area contributed by atoms with Crippen molar-refractivity contribution in [3.8, 4) is 0 Å². The number of carbonyl (C=O) groups is 1. The molecule has 0 atom stereocenters. The zero-order chi connectivity index (χ0) is 13.4. The van der Waals surface area contributed by atoms with Crippen LogP contribution in [0.3, 0.4) is 0 Å². The van der Waals surface area contributed by atoms with E-state index in [1.807, 2.05) is 18.2 Å². The molecule has 0 fully saturated rings. The van der Waals surface area contributed by atoms with Crippen LogP contribution in [-0.2, 0) is 16.0 Å². The van der Waals surface area contributed by atoms with Gasteiger partial charge in [-0.15, -0.1) is 11.8 Å². The lowest BCUT2D eigenvalue weighted by atomic mass is 10.1. The molecule has 0 aliphatic carbocycles. The highest BCUT2D eigenvalue weighted by Crippen LogP contribution is 2.22. The lowest BCUT2D eigenvalue weighted by Crippen LogP contribution is -2.15. The van der Waals surface area contributed by atoms with Crippen LogP contribution in [0, 0.1) is 0 Å². The minimum atomic E-state index is -0.108. The third-order valence-corrected chi connectivity index (χ3v) is 3.58. The maximum absolute atomic E-state index is 11.5. The Balaban J connectivity index is 2.09. The largest absolute Gasteiger partial charge is 0.465 e. The van der Waals surface area contributed by atoms with Gasteiger partial charge < -0.3 is 4.74 Å². The second kappa shape index (κ2) is 7.47. The van der Waals surface area contributed by atoms with Gasteiger partial charge in [-0.25, -0.2) is 0 Å². The minimum absolute atomic E-state index is 0.108. The van der Waals surface area contributed by atoms with Gasteiger partial charge in [-0.3, -0.25) is 4.79 Å². The van der Waals surface area contributed by atoms with Crippen LogP contribution in [-0.4, -0.2) is 23.1 Å². The number of rotatable bonds is 6. The van der Waals surface area contributed by atoms with Gasteiger partial charge in [0, 0.05) is 4.75 Å². The first kappa shape index (κ1) is 15.1. The Labute approximate surface area is 114 Å². The Bertz CT molecular complexity index is 355. The number of hydrogen-bond donors (Lipinski definition) is 0. The molecule has 0 spiro atoms. The molecule has 0 aliphatic heterocycles. The highest BCUT2D eigenvalue weighted by Gasteiger charge is 2.13. The maximum Gasteiger partial charge on any atom is 0.315 e. The summed E-state index contributed by atoms with van der Waals surface area (Å²) in [6.45, 7) is 6.81. The second-order valence-electron chi connectivity index (χ2n) is 5.21. The van der Waals surface area contributed by atoms with Gasteiger partial charge in [-0.2, -0.15) is 0 Å². The molecular weight excluding hydrogens is 244 g/mol. The van der Waals surface area contributed by atoms with Crippen LogP contribution in [0.15, 0.2) is 30.3 Å². The van der Waals surface area contributed by atoms with E-state index in [2.05, 4.69) is 32.9 Å². The van der Waals surface area contributed by atoms with Crippen molar-refractivity contribution in [3.05, 3.63) is 35.9 Å². The summed E-state index contributed by atoms with van der Waals surface area (Å²) in [5.74, 6) is 0.331. The van der Waals surface area contributed by atoms with E-state index >= 15 is 0 Å². The van der Waals surface area contributed by atoms with Crippen molar-refractivity contribution in [2.45, 2.75) is 38.4 Å². The summed E-state index contributed by atoms with van der Waals surface area (Å²) in [4.78, 5) is 11.5. The van der Waals surface area contributed by atoms with Gasteiger partial charge in [0.25, 0.3) is 0 Å². The number of benzene rings is 1. The zero-order valence-corrected chi connectivity index (χ0v) is 12.3. The monoisotopic (exact) mass is 266 g/mol. The second-order valence-corrected chi connectivity index (χ2v) is 7.01. The van der Waals surface area contributed by atoms with Crippen molar-refractivity contribution in [2.75, 3.05) is 12.4 Å². The van der Waals surface area contributed by atoms with Crippen molar-refractivity contribution in [3.63, 3.8) is 0 Å². The molecule has 0 amide bonds. The summed E-state index contributed by atoms with van der Waals surface area (Å²) < 4.78 is 5.31. The highest BCUT2D eigenvalue weighted by atomic mass is 32.2. The van der Waals surface area contributed by atoms with Crippen LogP contribution in [0.2, 0.25) is 0 Å². The molecule has 0 saturated carbocycles. The van der Waals surface area contributed by atoms with E-state index in [4.69, 9.17) is 4.74 Å².